The first-order valence-corrected chi connectivity index (χ1v) is 11.5. The normalized spacial score (nSPS) is 18.6. The summed E-state index contributed by atoms with van der Waals surface area (Å²) in [7, 11) is 0. The van der Waals surface area contributed by atoms with E-state index >= 15 is 0 Å². The molecule has 30 heavy (non-hydrogen) atoms. The molecule has 2 heteroatoms. The number of aryl methyl sites for hydroxylation is 1. The van der Waals surface area contributed by atoms with E-state index in [0.717, 1.165) is 12.1 Å². The molecule has 1 nitrogen and oxygen atoms in total. The van der Waals surface area contributed by atoms with E-state index in [-0.39, 0.29) is 5.92 Å². The largest absolute Gasteiger partial charge is 0.215 e. The molecule has 1 heterocycles. The summed E-state index contributed by atoms with van der Waals surface area (Å²) in [6.45, 7) is 2.18. The number of fused-ring (bicyclic) bond motifs is 5. The van der Waals surface area contributed by atoms with Crippen molar-refractivity contribution >= 4 is 35.9 Å². The van der Waals surface area contributed by atoms with Crippen LogP contribution in [0.5, 0.6) is 0 Å². The van der Waals surface area contributed by atoms with Gasteiger partial charge in [0.1, 0.15) is 0 Å². The smallest absolute Gasteiger partial charge is 0.0604 e. The number of allylic oxidation sites excluding steroid dienone is 1. The van der Waals surface area contributed by atoms with Gasteiger partial charge in [0.05, 0.1) is 5.71 Å². The standard InChI is InChI=1S/C28H23NS/c1-18-10-11-21-17-25(26-15-13-20-7-3-5-9-27(20)30-29-26)28-22-8-4-2-6-19(22)12-14-23(28)24(21)16-18/h3,5-7,9-17,25H,2,4,8H2,1H3. The molecule has 6 rings (SSSR count). The van der Waals surface area contributed by atoms with Gasteiger partial charge in [0, 0.05) is 22.8 Å². The highest BCUT2D eigenvalue weighted by Crippen LogP contribution is 2.34. The van der Waals surface area contributed by atoms with Gasteiger partial charge in [-0.05, 0) is 75.9 Å². The lowest BCUT2D eigenvalue weighted by Crippen LogP contribution is -2.25. The van der Waals surface area contributed by atoms with Crippen LogP contribution in [0.3, 0.4) is 0 Å². The van der Waals surface area contributed by atoms with E-state index in [4.69, 9.17) is 4.40 Å². The molecule has 1 atom stereocenters. The molecule has 3 aromatic rings. The highest BCUT2D eigenvalue weighted by Gasteiger charge is 2.24. The van der Waals surface area contributed by atoms with Gasteiger partial charge in [-0.15, -0.1) is 0 Å². The van der Waals surface area contributed by atoms with Gasteiger partial charge in [0.15, 0.2) is 0 Å². The Balaban J connectivity index is 1.64. The van der Waals surface area contributed by atoms with E-state index < -0.39 is 0 Å². The third-order valence-corrected chi connectivity index (χ3v) is 7.34. The molecule has 0 bridgehead atoms. The number of nitrogens with zero attached hydrogens (tertiary/aromatic N) is 1. The zero-order valence-electron chi connectivity index (χ0n) is 17.1. The molecular weight excluding hydrogens is 382 g/mol. The number of hydrogen-bond donors (Lipinski definition) is 0. The van der Waals surface area contributed by atoms with Gasteiger partial charge < -0.3 is 0 Å². The average Bonchev–Trinajstić information content (AvgIpc) is 3.01. The molecule has 0 spiro atoms. The van der Waals surface area contributed by atoms with Gasteiger partial charge >= 0.3 is 0 Å². The van der Waals surface area contributed by atoms with E-state index in [1.54, 1.807) is 11.9 Å². The van der Waals surface area contributed by atoms with E-state index in [2.05, 4.69) is 85.8 Å². The van der Waals surface area contributed by atoms with Crippen molar-refractivity contribution in [3.05, 3.63) is 104 Å². The lowest BCUT2D eigenvalue weighted by atomic mass is 9.80. The second kappa shape index (κ2) is 7.14. The van der Waals surface area contributed by atoms with Crippen LogP contribution in [-0.4, -0.2) is 5.71 Å². The van der Waals surface area contributed by atoms with Crippen LogP contribution in [0.2, 0.25) is 0 Å². The van der Waals surface area contributed by atoms with Crippen molar-refractivity contribution in [2.45, 2.75) is 37.0 Å². The summed E-state index contributed by atoms with van der Waals surface area (Å²) in [4.78, 5) is 1.22. The lowest BCUT2D eigenvalue weighted by molar-refractivity contribution is 0.820. The Morgan fingerprint density at radius 2 is 1.83 bits per heavy atom. The van der Waals surface area contributed by atoms with Crippen LogP contribution in [0.25, 0.3) is 18.2 Å². The van der Waals surface area contributed by atoms with Crippen molar-refractivity contribution < 1.29 is 0 Å². The van der Waals surface area contributed by atoms with Crippen LogP contribution in [0.4, 0.5) is 0 Å². The molecule has 1 aliphatic heterocycles. The Morgan fingerprint density at radius 3 is 2.80 bits per heavy atom. The molecular formula is C28H23NS. The van der Waals surface area contributed by atoms with Crippen molar-refractivity contribution in [1.29, 1.82) is 0 Å². The van der Waals surface area contributed by atoms with Crippen LogP contribution in [-0.2, 0) is 6.42 Å². The first-order chi connectivity index (χ1) is 14.8. The maximum atomic E-state index is 5.03. The molecule has 0 saturated carbocycles. The second-order valence-electron chi connectivity index (χ2n) is 8.40. The molecule has 3 aromatic carbocycles. The van der Waals surface area contributed by atoms with Gasteiger partial charge in [0.25, 0.3) is 0 Å². The molecule has 2 aliphatic carbocycles. The SMILES string of the molecule is Cc1ccc2c(c1)=c1ccc3c(c1C(C1=NSc4ccccc4C=C1)C=2)CCCC=3. The Bertz CT molecular complexity index is 1460. The minimum absolute atomic E-state index is 0.190. The summed E-state index contributed by atoms with van der Waals surface area (Å²) in [6, 6.07) is 20.0. The molecule has 3 aliphatic rings. The summed E-state index contributed by atoms with van der Waals surface area (Å²) in [6.07, 6.45) is 12.9. The predicted molar refractivity (Wildman–Crippen MR) is 128 cm³/mol. The summed E-state index contributed by atoms with van der Waals surface area (Å²) < 4.78 is 5.03. The van der Waals surface area contributed by atoms with Crippen LogP contribution in [0.1, 0.15) is 41.0 Å². The van der Waals surface area contributed by atoms with Crippen LogP contribution < -0.4 is 10.4 Å². The molecule has 0 radical (unpaired) electrons. The topological polar surface area (TPSA) is 12.4 Å². The van der Waals surface area contributed by atoms with Gasteiger partial charge in [0.2, 0.25) is 0 Å². The zero-order valence-corrected chi connectivity index (χ0v) is 17.9. The first-order valence-electron chi connectivity index (χ1n) is 10.7. The first kappa shape index (κ1) is 18.0. The molecule has 0 aromatic heterocycles. The Hall–Kier alpha value is -2.84. The fraction of sp³-hybridized carbons (Fsp3) is 0.179. The van der Waals surface area contributed by atoms with E-state index in [0.29, 0.717) is 0 Å². The third kappa shape index (κ3) is 2.90. The van der Waals surface area contributed by atoms with Gasteiger partial charge in [-0.25, -0.2) is 4.40 Å². The quantitative estimate of drug-likeness (QED) is 0.490. The Labute approximate surface area is 181 Å². The highest BCUT2D eigenvalue weighted by atomic mass is 32.2. The number of rotatable bonds is 1. The monoisotopic (exact) mass is 405 g/mol. The van der Waals surface area contributed by atoms with Gasteiger partial charge in [-0.3, -0.25) is 0 Å². The molecule has 0 fully saturated rings. The third-order valence-electron chi connectivity index (χ3n) is 6.47. The van der Waals surface area contributed by atoms with Gasteiger partial charge in [-0.1, -0.05) is 72.3 Å². The van der Waals surface area contributed by atoms with Crippen LogP contribution in [0, 0.1) is 17.4 Å². The molecule has 0 saturated heterocycles. The van der Waals surface area contributed by atoms with Crippen LogP contribution in [0.15, 0.2) is 70.0 Å². The summed E-state index contributed by atoms with van der Waals surface area (Å²) >= 11 is 1.60. The average molecular weight is 406 g/mol. The van der Waals surface area contributed by atoms with Crippen molar-refractivity contribution in [2.24, 2.45) is 4.40 Å². The number of benzene rings is 3. The molecule has 146 valence electrons. The fourth-order valence-corrected chi connectivity index (χ4v) is 5.75. The van der Waals surface area contributed by atoms with Crippen molar-refractivity contribution in [3.8, 4) is 0 Å². The zero-order chi connectivity index (χ0) is 20.1. The van der Waals surface area contributed by atoms with Crippen molar-refractivity contribution in [3.63, 3.8) is 0 Å². The van der Waals surface area contributed by atoms with Crippen LogP contribution >= 0.6 is 11.9 Å². The predicted octanol–water partition coefficient (Wildman–Crippen LogP) is 5.45. The Morgan fingerprint density at radius 1 is 0.933 bits per heavy atom. The summed E-state index contributed by atoms with van der Waals surface area (Å²) in [5.41, 5.74) is 6.69. The highest BCUT2D eigenvalue weighted by molar-refractivity contribution is 7.98. The molecule has 0 amide bonds. The molecule has 0 N–H and O–H groups in total. The summed E-state index contributed by atoms with van der Waals surface area (Å²) in [5.74, 6) is 0.190. The number of hydrogen-bond acceptors (Lipinski definition) is 2. The fourth-order valence-electron chi connectivity index (χ4n) is 4.99. The second-order valence-corrected chi connectivity index (χ2v) is 9.21. The maximum Gasteiger partial charge on any atom is 0.0604 e. The van der Waals surface area contributed by atoms with Crippen molar-refractivity contribution in [2.75, 3.05) is 0 Å². The van der Waals surface area contributed by atoms with E-state index in [1.165, 1.54) is 60.9 Å². The van der Waals surface area contributed by atoms with Crippen molar-refractivity contribution in [1.82, 2.24) is 0 Å². The molecule has 1 unspecified atom stereocenters. The minimum Gasteiger partial charge on any atom is -0.215 e. The lowest BCUT2D eigenvalue weighted by Gasteiger charge is -2.24. The summed E-state index contributed by atoms with van der Waals surface area (Å²) in [5, 5.41) is 5.49. The Kier molecular flexibility index (Phi) is 4.28. The van der Waals surface area contributed by atoms with E-state index in [9.17, 15) is 0 Å². The van der Waals surface area contributed by atoms with Gasteiger partial charge in [-0.2, -0.15) is 0 Å². The minimum atomic E-state index is 0.190. The van der Waals surface area contributed by atoms with E-state index in [1.807, 2.05) is 0 Å². The maximum absolute atomic E-state index is 5.03.